The van der Waals surface area contributed by atoms with Crippen molar-refractivity contribution in [3.63, 3.8) is 0 Å². The molecule has 0 unspecified atom stereocenters. The van der Waals surface area contributed by atoms with Crippen molar-refractivity contribution >= 4 is 11.8 Å². The molecule has 140 valence electrons. The van der Waals surface area contributed by atoms with Gasteiger partial charge in [-0.3, -0.25) is 4.57 Å². The first kappa shape index (κ1) is 18.2. The van der Waals surface area contributed by atoms with Crippen molar-refractivity contribution in [1.82, 2.24) is 24.9 Å². The Hall–Kier alpha value is -3.19. The maximum atomic E-state index is 5.37. The number of rotatable bonds is 7. The van der Waals surface area contributed by atoms with Crippen molar-refractivity contribution in [1.29, 1.82) is 0 Å². The van der Waals surface area contributed by atoms with Gasteiger partial charge in [-0.05, 0) is 25.1 Å². The molecular weight excluding hydrogens is 370 g/mol. The highest BCUT2D eigenvalue weighted by Crippen LogP contribution is 2.27. The molecule has 0 radical (unpaired) electrons. The number of nitrogens with zero attached hydrogens (tertiary/aromatic N) is 5. The van der Waals surface area contributed by atoms with E-state index in [1.165, 1.54) is 17.3 Å². The van der Waals surface area contributed by atoms with Crippen molar-refractivity contribution in [2.75, 3.05) is 0 Å². The highest BCUT2D eigenvalue weighted by molar-refractivity contribution is 7.98. The second kappa shape index (κ2) is 8.22. The number of hydrogen-bond acceptors (Lipinski definition) is 6. The Morgan fingerprint density at radius 1 is 1.07 bits per heavy atom. The molecular formula is C21H19N5OS. The molecule has 0 atom stereocenters. The van der Waals surface area contributed by atoms with Crippen LogP contribution in [0.2, 0.25) is 0 Å². The third-order valence-corrected chi connectivity index (χ3v) is 5.09. The summed E-state index contributed by atoms with van der Waals surface area (Å²) >= 11 is 1.52. The molecule has 0 bridgehead atoms. The van der Waals surface area contributed by atoms with Gasteiger partial charge in [-0.1, -0.05) is 65.0 Å². The van der Waals surface area contributed by atoms with Crippen molar-refractivity contribution in [3.8, 4) is 22.8 Å². The van der Waals surface area contributed by atoms with Gasteiger partial charge >= 0.3 is 0 Å². The summed E-state index contributed by atoms with van der Waals surface area (Å²) < 4.78 is 7.42. The van der Waals surface area contributed by atoms with Crippen LogP contribution in [-0.4, -0.2) is 24.9 Å². The van der Waals surface area contributed by atoms with Crippen molar-refractivity contribution < 1.29 is 4.52 Å². The van der Waals surface area contributed by atoms with E-state index in [4.69, 9.17) is 4.52 Å². The van der Waals surface area contributed by atoms with Crippen LogP contribution in [0.5, 0.6) is 0 Å². The summed E-state index contributed by atoms with van der Waals surface area (Å²) in [6.45, 7) is 6.55. The first-order valence-corrected chi connectivity index (χ1v) is 9.85. The molecule has 2 aromatic heterocycles. The predicted octanol–water partition coefficient (Wildman–Crippen LogP) is 4.78. The zero-order chi connectivity index (χ0) is 19.3. The van der Waals surface area contributed by atoms with E-state index in [1.807, 2.05) is 53.1 Å². The van der Waals surface area contributed by atoms with E-state index in [-0.39, 0.29) is 0 Å². The monoisotopic (exact) mass is 389 g/mol. The largest absolute Gasteiger partial charge is 0.334 e. The lowest BCUT2D eigenvalue weighted by Gasteiger charge is -2.07. The summed E-state index contributed by atoms with van der Waals surface area (Å²) in [5, 5.41) is 13.6. The molecule has 0 N–H and O–H groups in total. The van der Waals surface area contributed by atoms with Gasteiger partial charge in [0, 0.05) is 17.7 Å². The number of hydrogen-bond donors (Lipinski definition) is 0. The van der Waals surface area contributed by atoms with E-state index >= 15 is 0 Å². The summed E-state index contributed by atoms with van der Waals surface area (Å²) in [4.78, 5) is 4.47. The summed E-state index contributed by atoms with van der Waals surface area (Å²) in [6, 6.07) is 18.0. The van der Waals surface area contributed by atoms with Gasteiger partial charge in [-0.15, -0.1) is 16.8 Å². The second-order valence-electron chi connectivity index (χ2n) is 6.25. The van der Waals surface area contributed by atoms with E-state index in [9.17, 15) is 0 Å². The summed E-state index contributed by atoms with van der Waals surface area (Å²) in [6.07, 6.45) is 1.84. The molecule has 0 amide bonds. The van der Waals surface area contributed by atoms with Crippen molar-refractivity contribution in [3.05, 3.63) is 78.6 Å². The first-order chi connectivity index (χ1) is 13.7. The van der Waals surface area contributed by atoms with Crippen LogP contribution >= 0.6 is 11.8 Å². The summed E-state index contributed by atoms with van der Waals surface area (Å²) in [5.41, 5.74) is 3.12. The molecule has 4 aromatic rings. The van der Waals surface area contributed by atoms with Crippen LogP contribution in [0.15, 0.2) is 76.9 Å². The molecule has 0 aliphatic carbocycles. The van der Waals surface area contributed by atoms with Crippen LogP contribution in [0, 0.1) is 6.92 Å². The fraction of sp³-hybridized carbons (Fsp3) is 0.143. The number of allylic oxidation sites excluding steroid dienone is 1. The van der Waals surface area contributed by atoms with Gasteiger partial charge in [-0.2, -0.15) is 4.98 Å². The molecule has 0 fully saturated rings. The van der Waals surface area contributed by atoms with Gasteiger partial charge in [-0.25, -0.2) is 0 Å². The smallest absolute Gasteiger partial charge is 0.257 e. The van der Waals surface area contributed by atoms with E-state index in [0.29, 0.717) is 24.0 Å². The Morgan fingerprint density at radius 3 is 2.68 bits per heavy atom. The maximum Gasteiger partial charge on any atom is 0.257 e. The van der Waals surface area contributed by atoms with Crippen molar-refractivity contribution in [2.24, 2.45) is 0 Å². The van der Waals surface area contributed by atoms with Gasteiger partial charge in [0.15, 0.2) is 16.8 Å². The Kier molecular flexibility index (Phi) is 5.34. The molecule has 2 aromatic carbocycles. The molecule has 0 saturated heterocycles. The molecule has 0 aliphatic rings. The van der Waals surface area contributed by atoms with Gasteiger partial charge in [0.2, 0.25) is 0 Å². The Bertz CT molecular complexity index is 1090. The molecule has 2 heterocycles. The summed E-state index contributed by atoms with van der Waals surface area (Å²) in [5.74, 6) is 2.50. The average molecular weight is 389 g/mol. The average Bonchev–Trinajstić information content (AvgIpc) is 3.35. The van der Waals surface area contributed by atoms with E-state index in [2.05, 4.69) is 46.0 Å². The van der Waals surface area contributed by atoms with Crippen molar-refractivity contribution in [2.45, 2.75) is 24.4 Å². The van der Waals surface area contributed by atoms with E-state index in [0.717, 1.165) is 22.1 Å². The van der Waals surface area contributed by atoms with Gasteiger partial charge in [0.05, 0.1) is 5.75 Å². The van der Waals surface area contributed by atoms with Crippen LogP contribution in [-0.2, 0) is 12.3 Å². The highest BCUT2D eigenvalue weighted by Gasteiger charge is 2.15. The van der Waals surface area contributed by atoms with E-state index in [1.54, 1.807) is 0 Å². The lowest BCUT2D eigenvalue weighted by atomic mass is 10.1. The third-order valence-electron chi connectivity index (χ3n) is 4.12. The van der Waals surface area contributed by atoms with E-state index < -0.39 is 0 Å². The number of aryl methyl sites for hydroxylation is 1. The zero-order valence-corrected chi connectivity index (χ0v) is 16.3. The first-order valence-electron chi connectivity index (χ1n) is 8.86. The Balaban J connectivity index is 1.54. The van der Waals surface area contributed by atoms with Crippen LogP contribution in [0.4, 0.5) is 0 Å². The Morgan fingerprint density at radius 2 is 1.89 bits per heavy atom. The van der Waals surface area contributed by atoms with Crippen LogP contribution in [0.25, 0.3) is 22.8 Å². The lowest BCUT2D eigenvalue weighted by Crippen LogP contribution is -2.01. The van der Waals surface area contributed by atoms with Gasteiger partial charge in [0.1, 0.15) is 0 Å². The molecule has 4 rings (SSSR count). The minimum Gasteiger partial charge on any atom is -0.334 e. The minimum absolute atomic E-state index is 0.518. The van der Waals surface area contributed by atoms with Gasteiger partial charge in [0.25, 0.3) is 5.89 Å². The third kappa shape index (κ3) is 3.89. The zero-order valence-electron chi connectivity index (χ0n) is 15.4. The fourth-order valence-corrected chi connectivity index (χ4v) is 3.62. The van der Waals surface area contributed by atoms with Crippen LogP contribution < -0.4 is 0 Å². The Labute approximate surface area is 167 Å². The number of aromatic nitrogens is 5. The molecule has 7 heteroatoms. The second-order valence-corrected chi connectivity index (χ2v) is 7.19. The van der Waals surface area contributed by atoms with Crippen LogP contribution in [0.3, 0.4) is 0 Å². The molecule has 28 heavy (non-hydrogen) atoms. The SMILES string of the molecule is C=CCn1c(SCc2noc(-c3ccccc3)n2)nnc1-c1cccc(C)c1. The predicted molar refractivity (Wildman–Crippen MR) is 110 cm³/mol. The maximum absolute atomic E-state index is 5.37. The molecule has 0 spiro atoms. The molecule has 6 nitrogen and oxygen atoms in total. The lowest BCUT2D eigenvalue weighted by molar-refractivity contribution is 0.425. The highest BCUT2D eigenvalue weighted by atomic mass is 32.2. The normalized spacial score (nSPS) is 10.9. The molecule has 0 saturated carbocycles. The fourth-order valence-electron chi connectivity index (χ4n) is 2.83. The van der Waals surface area contributed by atoms with Gasteiger partial charge < -0.3 is 4.52 Å². The minimum atomic E-state index is 0.518. The summed E-state index contributed by atoms with van der Waals surface area (Å²) in [7, 11) is 0. The molecule has 0 aliphatic heterocycles. The topological polar surface area (TPSA) is 69.6 Å². The number of thioether (sulfide) groups is 1. The quantitative estimate of drug-likeness (QED) is 0.335. The van der Waals surface area contributed by atoms with Crippen LogP contribution in [0.1, 0.15) is 11.4 Å². The number of benzene rings is 2. The standard InChI is InChI=1S/C21H19N5OS/c1-3-12-26-19(17-11-7-8-15(2)13-17)23-24-21(26)28-14-18-22-20(27-25-18)16-9-5-4-6-10-16/h3-11,13H,1,12,14H2,2H3.